The third-order valence-corrected chi connectivity index (χ3v) is 2.57. The second-order valence-electron chi connectivity index (χ2n) is 6.78. The van der Waals surface area contributed by atoms with Crippen LogP contribution in [0.25, 0.3) is 0 Å². The van der Waals surface area contributed by atoms with E-state index in [9.17, 15) is 0 Å². The van der Waals surface area contributed by atoms with Gasteiger partial charge in [0.25, 0.3) is 0 Å². The van der Waals surface area contributed by atoms with E-state index in [4.69, 9.17) is 0 Å². The first-order chi connectivity index (χ1) is 8.22. The van der Waals surface area contributed by atoms with Crippen LogP contribution < -0.4 is 0 Å². The third-order valence-electron chi connectivity index (χ3n) is 2.57. The Labute approximate surface area is 110 Å². The van der Waals surface area contributed by atoms with Gasteiger partial charge in [-0.1, -0.05) is 34.6 Å². The van der Waals surface area contributed by atoms with Crippen LogP contribution in [0.5, 0.6) is 0 Å². The second kappa shape index (κ2) is 5.59. The molecule has 0 aliphatic heterocycles. The molecule has 102 valence electrons. The van der Waals surface area contributed by atoms with E-state index < -0.39 is 0 Å². The van der Waals surface area contributed by atoms with Crippen molar-refractivity contribution in [2.75, 3.05) is 7.05 Å². The molecule has 0 spiro atoms. The molecule has 0 saturated carbocycles. The normalized spacial score (nSPS) is 13.4. The predicted octanol–water partition coefficient (Wildman–Crippen LogP) is 2.38. The van der Waals surface area contributed by atoms with Crippen LogP contribution in [0.1, 0.15) is 46.9 Å². The van der Waals surface area contributed by atoms with Gasteiger partial charge in [0.05, 0.1) is 6.54 Å². The van der Waals surface area contributed by atoms with Crippen LogP contribution in [0.4, 0.5) is 0 Å². The number of hydrogen-bond acceptors (Lipinski definition) is 4. The lowest BCUT2D eigenvalue weighted by atomic mass is 9.86. The topological polar surface area (TPSA) is 56.0 Å². The average Bonchev–Trinajstić information content (AvgIpc) is 2.59. The summed E-state index contributed by atoms with van der Waals surface area (Å²) in [5, 5.41) is 12.7. The zero-order valence-corrected chi connectivity index (χ0v) is 12.4. The van der Waals surface area contributed by atoms with Gasteiger partial charge in [-0.25, -0.2) is 0 Å². The van der Waals surface area contributed by atoms with Crippen molar-refractivity contribution in [3.63, 3.8) is 0 Å². The Morgan fingerprint density at radius 3 is 2.44 bits per heavy atom. The molecule has 5 nitrogen and oxygen atoms in total. The lowest BCUT2D eigenvalue weighted by molar-refractivity contribution is 0.298. The summed E-state index contributed by atoms with van der Waals surface area (Å²) in [6, 6.07) is 0. The van der Waals surface area contributed by atoms with Gasteiger partial charge in [-0.2, -0.15) is 4.80 Å². The van der Waals surface area contributed by atoms with Crippen molar-refractivity contribution in [1.29, 1.82) is 0 Å². The summed E-state index contributed by atoms with van der Waals surface area (Å²) in [6.07, 6.45) is 3.69. The summed E-state index contributed by atoms with van der Waals surface area (Å²) in [7, 11) is 1.80. The van der Waals surface area contributed by atoms with Crippen molar-refractivity contribution in [3.05, 3.63) is 5.82 Å². The van der Waals surface area contributed by atoms with Gasteiger partial charge < -0.3 is 4.99 Å². The highest BCUT2D eigenvalue weighted by Gasteiger charge is 2.21. The number of aliphatic imine (C=N–C) groups is 1. The number of aromatic nitrogens is 4. The minimum Gasteiger partial charge on any atom is -0.301 e. The van der Waals surface area contributed by atoms with Crippen molar-refractivity contribution in [2.45, 2.75) is 54.0 Å². The molecule has 0 aliphatic rings. The highest BCUT2D eigenvalue weighted by Crippen LogP contribution is 2.23. The van der Waals surface area contributed by atoms with E-state index >= 15 is 0 Å². The van der Waals surface area contributed by atoms with Crippen LogP contribution in [-0.4, -0.2) is 33.5 Å². The minimum atomic E-state index is 0.120. The molecule has 0 aromatic carbocycles. The van der Waals surface area contributed by atoms with Gasteiger partial charge in [0.1, 0.15) is 0 Å². The molecule has 0 N–H and O–H groups in total. The third kappa shape index (κ3) is 5.38. The summed E-state index contributed by atoms with van der Waals surface area (Å²) < 4.78 is 0. The Morgan fingerprint density at radius 2 is 1.89 bits per heavy atom. The van der Waals surface area contributed by atoms with Gasteiger partial charge >= 0.3 is 0 Å². The van der Waals surface area contributed by atoms with E-state index in [2.05, 4.69) is 55.0 Å². The van der Waals surface area contributed by atoms with Gasteiger partial charge in [-0.05, 0) is 28.7 Å². The van der Waals surface area contributed by atoms with Gasteiger partial charge in [-0.3, -0.25) is 0 Å². The molecule has 1 aromatic rings. The Hall–Kier alpha value is -1.26. The fourth-order valence-electron chi connectivity index (χ4n) is 1.68. The molecule has 18 heavy (non-hydrogen) atoms. The molecular formula is C13H25N5. The zero-order valence-electron chi connectivity index (χ0n) is 12.4. The van der Waals surface area contributed by atoms with Crippen molar-refractivity contribution < 1.29 is 0 Å². The van der Waals surface area contributed by atoms with Crippen LogP contribution >= 0.6 is 0 Å². The molecule has 0 saturated heterocycles. The standard InChI is InChI=1S/C13H25N5/c1-12(2,3)10-18-16-11(15-17-18)9-13(4,5)7-8-14-6/h8H,7,9-10H2,1-6H3/b14-8+. The summed E-state index contributed by atoms with van der Waals surface area (Å²) in [6.45, 7) is 11.7. The quantitative estimate of drug-likeness (QED) is 0.755. The lowest BCUT2D eigenvalue weighted by Gasteiger charge is -2.20. The summed E-state index contributed by atoms with van der Waals surface area (Å²) in [4.78, 5) is 5.72. The summed E-state index contributed by atoms with van der Waals surface area (Å²) >= 11 is 0. The Bertz CT molecular complexity index is 398. The van der Waals surface area contributed by atoms with E-state index in [1.807, 2.05) is 6.21 Å². The first kappa shape index (κ1) is 14.8. The van der Waals surface area contributed by atoms with E-state index in [0.29, 0.717) is 0 Å². The Kier molecular flexibility index (Phi) is 4.59. The maximum atomic E-state index is 4.44. The van der Waals surface area contributed by atoms with Gasteiger partial charge in [0, 0.05) is 13.5 Å². The van der Waals surface area contributed by atoms with Gasteiger partial charge in [0.2, 0.25) is 0 Å². The smallest absolute Gasteiger partial charge is 0.175 e. The predicted molar refractivity (Wildman–Crippen MR) is 73.8 cm³/mol. The largest absolute Gasteiger partial charge is 0.301 e. The average molecular weight is 251 g/mol. The molecule has 0 atom stereocenters. The van der Waals surface area contributed by atoms with Crippen molar-refractivity contribution in [2.24, 2.45) is 15.8 Å². The number of nitrogens with zero attached hydrogens (tertiary/aromatic N) is 5. The first-order valence-corrected chi connectivity index (χ1v) is 6.39. The Balaban J connectivity index is 2.63. The van der Waals surface area contributed by atoms with Crippen LogP contribution in [0.3, 0.4) is 0 Å². The van der Waals surface area contributed by atoms with Crippen LogP contribution in [0.15, 0.2) is 4.99 Å². The van der Waals surface area contributed by atoms with Crippen molar-refractivity contribution in [1.82, 2.24) is 20.2 Å². The van der Waals surface area contributed by atoms with Gasteiger partial charge in [0.15, 0.2) is 5.82 Å². The molecule has 0 unspecified atom stereocenters. The molecule has 5 heteroatoms. The van der Waals surface area contributed by atoms with Crippen LogP contribution in [0.2, 0.25) is 0 Å². The molecule has 0 bridgehead atoms. The lowest BCUT2D eigenvalue weighted by Crippen LogP contribution is -2.19. The molecule has 0 fully saturated rings. The molecule has 0 radical (unpaired) electrons. The fraction of sp³-hybridized carbons (Fsp3) is 0.846. The van der Waals surface area contributed by atoms with Crippen LogP contribution in [0, 0.1) is 10.8 Å². The zero-order chi connectivity index (χ0) is 13.8. The van der Waals surface area contributed by atoms with E-state index in [0.717, 1.165) is 25.2 Å². The maximum absolute atomic E-state index is 4.44. The molecule has 1 heterocycles. The number of rotatable bonds is 5. The van der Waals surface area contributed by atoms with Crippen molar-refractivity contribution >= 4 is 6.21 Å². The first-order valence-electron chi connectivity index (χ1n) is 6.39. The number of hydrogen-bond donors (Lipinski definition) is 0. The van der Waals surface area contributed by atoms with Crippen LogP contribution in [-0.2, 0) is 13.0 Å². The Morgan fingerprint density at radius 1 is 1.22 bits per heavy atom. The summed E-state index contributed by atoms with van der Waals surface area (Å²) in [5.41, 5.74) is 0.289. The molecule has 1 rings (SSSR count). The minimum absolute atomic E-state index is 0.120. The molecular weight excluding hydrogens is 226 g/mol. The highest BCUT2D eigenvalue weighted by atomic mass is 15.6. The van der Waals surface area contributed by atoms with E-state index in [1.165, 1.54) is 0 Å². The molecule has 0 aliphatic carbocycles. The number of tetrazole rings is 1. The van der Waals surface area contributed by atoms with E-state index in [1.54, 1.807) is 11.8 Å². The van der Waals surface area contributed by atoms with Gasteiger partial charge in [-0.15, -0.1) is 10.2 Å². The fourth-order valence-corrected chi connectivity index (χ4v) is 1.68. The monoisotopic (exact) mass is 251 g/mol. The van der Waals surface area contributed by atoms with E-state index in [-0.39, 0.29) is 10.8 Å². The second-order valence-corrected chi connectivity index (χ2v) is 6.78. The maximum Gasteiger partial charge on any atom is 0.175 e. The van der Waals surface area contributed by atoms with Crippen molar-refractivity contribution in [3.8, 4) is 0 Å². The molecule has 0 amide bonds. The summed E-state index contributed by atoms with van der Waals surface area (Å²) in [5.74, 6) is 0.814. The highest BCUT2D eigenvalue weighted by molar-refractivity contribution is 5.57. The SMILES string of the molecule is C/N=C/CC(C)(C)Cc1nnn(CC(C)(C)C)n1. The molecule has 1 aromatic heterocycles.